The smallest absolute Gasteiger partial charge is 0.152 e. The summed E-state index contributed by atoms with van der Waals surface area (Å²) >= 11 is 0. The standard InChI is InChI=1S/C15H19N5O/c1-11(10-20-7-3-6-18-20)16-8-13-9-17-19-15(13)14-5-4-12(2)21-14/h3-7,9,11,16H,8,10H2,1-2H3,(H,17,19). The van der Waals surface area contributed by atoms with Crippen LogP contribution >= 0.6 is 0 Å². The Morgan fingerprint density at radius 3 is 3.05 bits per heavy atom. The zero-order valence-electron chi connectivity index (χ0n) is 12.2. The molecular formula is C15H19N5O. The van der Waals surface area contributed by atoms with Gasteiger partial charge < -0.3 is 9.73 Å². The number of H-pyrrole nitrogens is 1. The lowest BCUT2D eigenvalue weighted by Crippen LogP contribution is -2.30. The molecule has 3 aromatic heterocycles. The number of nitrogens with zero attached hydrogens (tertiary/aromatic N) is 3. The van der Waals surface area contributed by atoms with Crippen LogP contribution in [0.2, 0.25) is 0 Å². The van der Waals surface area contributed by atoms with Crippen molar-refractivity contribution in [3.8, 4) is 11.5 Å². The fourth-order valence-electron chi connectivity index (χ4n) is 2.27. The molecule has 0 saturated carbocycles. The van der Waals surface area contributed by atoms with E-state index in [-0.39, 0.29) is 0 Å². The van der Waals surface area contributed by atoms with Crippen LogP contribution in [-0.4, -0.2) is 26.0 Å². The van der Waals surface area contributed by atoms with Gasteiger partial charge in [0.05, 0.1) is 12.7 Å². The van der Waals surface area contributed by atoms with E-state index in [1.807, 2.05) is 42.2 Å². The van der Waals surface area contributed by atoms with Crippen molar-refractivity contribution in [1.82, 2.24) is 25.3 Å². The number of nitrogens with one attached hydrogen (secondary N) is 2. The summed E-state index contributed by atoms with van der Waals surface area (Å²) in [5.74, 6) is 1.71. The third-order valence-corrected chi connectivity index (χ3v) is 3.37. The summed E-state index contributed by atoms with van der Waals surface area (Å²) in [7, 11) is 0. The van der Waals surface area contributed by atoms with Gasteiger partial charge in [0, 0.05) is 30.5 Å². The second kappa shape index (κ2) is 5.97. The number of hydrogen-bond acceptors (Lipinski definition) is 4. The summed E-state index contributed by atoms with van der Waals surface area (Å²) < 4.78 is 7.57. The number of hydrogen-bond donors (Lipinski definition) is 2. The highest BCUT2D eigenvalue weighted by atomic mass is 16.3. The van der Waals surface area contributed by atoms with Gasteiger partial charge in [-0.25, -0.2) is 0 Å². The van der Waals surface area contributed by atoms with Crippen molar-refractivity contribution in [2.75, 3.05) is 0 Å². The lowest BCUT2D eigenvalue weighted by Gasteiger charge is -2.13. The Balaban J connectivity index is 1.62. The van der Waals surface area contributed by atoms with Gasteiger partial charge in [-0.1, -0.05) is 0 Å². The van der Waals surface area contributed by atoms with Crippen LogP contribution in [0.25, 0.3) is 11.5 Å². The van der Waals surface area contributed by atoms with Gasteiger partial charge >= 0.3 is 0 Å². The Bertz CT molecular complexity index is 683. The fraction of sp³-hybridized carbons (Fsp3) is 0.333. The Morgan fingerprint density at radius 2 is 2.33 bits per heavy atom. The van der Waals surface area contributed by atoms with Crippen molar-refractivity contribution >= 4 is 0 Å². The van der Waals surface area contributed by atoms with Crippen LogP contribution in [0.4, 0.5) is 0 Å². The summed E-state index contributed by atoms with van der Waals surface area (Å²) in [5, 5.41) is 14.8. The molecule has 0 aliphatic rings. The van der Waals surface area contributed by atoms with Crippen LogP contribution in [0.5, 0.6) is 0 Å². The van der Waals surface area contributed by atoms with Crippen molar-refractivity contribution in [3.63, 3.8) is 0 Å². The average Bonchev–Trinajstić information content (AvgIpc) is 3.17. The van der Waals surface area contributed by atoms with Gasteiger partial charge in [-0.05, 0) is 32.0 Å². The monoisotopic (exact) mass is 285 g/mol. The predicted molar refractivity (Wildman–Crippen MR) is 79.6 cm³/mol. The Morgan fingerprint density at radius 1 is 1.43 bits per heavy atom. The SMILES string of the molecule is Cc1ccc(-c2[nH]ncc2CNC(C)Cn2cccn2)o1. The van der Waals surface area contributed by atoms with Crippen LogP contribution in [0.3, 0.4) is 0 Å². The molecule has 0 aliphatic carbocycles. The number of aryl methyl sites for hydroxylation is 1. The van der Waals surface area contributed by atoms with Gasteiger partial charge in [-0.2, -0.15) is 10.2 Å². The lowest BCUT2D eigenvalue weighted by molar-refractivity contribution is 0.450. The quantitative estimate of drug-likeness (QED) is 0.729. The van der Waals surface area contributed by atoms with E-state index in [1.54, 1.807) is 6.20 Å². The molecule has 3 aromatic rings. The molecule has 1 unspecified atom stereocenters. The minimum Gasteiger partial charge on any atom is -0.460 e. The van der Waals surface area contributed by atoms with Crippen LogP contribution < -0.4 is 5.32 Å². The second-order valence-corrected chi connectivity index (χ2v) is 5.19. The third kappa shape index (κ3) is 3.22. The first-order chi connectivity index (χ1) is 10.2. The summed E-state index contributed by atoms with van der Waals surface area (Å²) in [6.07, 6.45) is 5.59. The highest BCUT2D eigenvalue weighted by Crippen LogP contribution is 2.23. The molecule has 0 bridgehead atoms. The molecule has 0 saturated heterocycles. The maximum absolute atomic E-state index is 5.65. The van der Waals surface area contributed by atoms with Crippen LogP contribution in [0.1, 0.15) is 18.2 Å². The van der Waals surface area contributed by atoms with E-state index in [1.165, 1.54) is 0 Å². The third-order valence-electron chi connectivity index (χ3n) is 3.37. The lowest BCUT2D eigenvalue weighted by atomic mass is 10.2. The molecule has 0 amide bonds. The highest BCUT2D eigenvalue weighted by Gasteiger charge is 2.12. The summed E-state index contributed by atoms with van der Waals surface area (Å²) in [6, 6.07) is 6.15. The Labute approximate surface area is 123 Å². The van der Waals surface area contributed by atoms with Crippen LogP contribution in [-0.2, 0) is 13.1 Å². The van der Waals surface area contributed by atoms with Crippen molar-refractivity contribution in [2.45, 2.75) is 33.0 Å². The summed E-state index contributed by atoms with van der Waals surface area (Å²) in [4.78, 5) is 0. The maximum atomic E-state index is 5.65. The van der Waals surface area contributed by atoms with E-state index in [4.69, 9.17) is 4.42 Å². The molecular weight excluding hydrogens is 266 g/mol. The van der Waals surface area contributed by atoms with Crippen molar-refractivity contribution in [2.24, 2.45) is 0 Å². The van der Waals surface area contributed by atoms with Crippen molar-refractivity contribution < 1.29 is 4.42 Å². The molecule has 2 N–H and O–H groups in total. The maximum Gasteiger partial charge on any atom is 0.152 e. The van der Waals surface area contributed by atoms with Gasteiger partial charge in [-0.15, -0.1) is 0 Å². The second-order valence-electron chi connectivity index (χ2n) is 5.19. The molecule has 0 fully saturated rings. The van der Waals surface area contributed by atoms with Crippen LogP contribution in [0.15, 0.2) is 41.2 Å². The largest absolute Gasteiger partial charge is 0.460 e. The van der Waals surface area contributed by atoms with Gasteiger partial charge in [0.2, 0.25) is 0 Å². The van der Waals surface area contributed by atoms with E-state index < -0.39 is 0 Å². The predicted octanol–water partition coefficient (Wildman–Crippen LogP) is 2.35. The molecule has 0 radical (unpaired) electrons. The molecule has 3 rings (SSSR count). The van der Waals surface area contributed by atoms with E-state index in [9.17, 15) is 0 Å². The van der Waals surface area contributed by atoms with Gasteiger partial charge in [0.15, 0.2) is 5.76 Å². The zero-order valence-corrected chi connectivity index (χ0v) is 12.2. The molecule has 3 heterocycles. The van der Waals surface area contributed by atoms with Crippen molar-refractivity contribution in [3.05, 3.63) is 48.1 Å². The first-order valence-corrected chi connectivity index (χ1v) is 7.02. The topological polar surface area (TPSA) is 71.7 Å². The van der Waals surface area contributed by atoms with E-state index in [0.717, 1.165) is 35.9 Å². The first kappa shape index (κ1) is 13.6. The average molecular weight is 285 g/mol. The number of rotatable bonds is 6. The Kier molecular flexibility index (Phi) is 3.87. The molecule has 0 aliphatic heterocycles. The summed E-state index contributed by atoms with van der Waals surface area (Å²) in [5.41, 5.74) is 2.03. The molecule has 6 nitrogen and oxygen atoms in total. The minimum atomic E-state index is 0.311. The molecule has 6 heteroatoms. The van der Waals surface area contributed by atoms with Crippen LogP contribution in [0, 0.1) is 6.92 Å². The van der Waals surface area contributed by atoms with Crippen molar-refractivity contribution in [1.29, 1.82) is 0 Å². The van der Waals surface area contributed by atoms with E-state index in [0.29, 0.717) is 6.04 Å². The molecule has 1 atom stereocenters. The van der Waals surface area contributed by atoms with Gasteiger partial charge in [0.1, 0.15) is 11.5 Å². The van der Waals surface area contributed by atoms with Gasteiger partial charge in [-0.3, -0.25) is 9.78 Å². The molecule has 21 heavy (non-hydrogen) atoms. The minimum absolute atomic E-state index is 0.311. The molecule has 110 valence electrons. The zero-order chi connectivity index (χ0) is 14.7. The number of aromatic amines is 1. The van der Waals surface area contributed by atoms with E-state index >= 15 is 0 Å². The normalized spacial score (nSPS) is 12.7. The molecule has 0 spiro atoms. The number of aromatic nitrogens is 4. The molecule has 0 aromatic carbocycles. The summed E-state index contributed by atoms with van der Waals surface area (Å²) in [6.45, 7) is 5.64. The fourth-order valence-corrected chi connectivity index (χ4v) is 2.27. The van der Waals surface area contributed by atoms with E-state index in [2.05, 4.69) is 27.5 Å². The first-order valence-electron chi connectivity index (χ1n) is 7.02. The Hall–Kier alpha value is -2.34. The van der Waals surface area contributed by atoms with Gasteiger partial charge in [0.25, 0.3) is 0 Å². The number of furan rings is 1. The highest BCUT2D eigenvalue weighted by molar-refractivity contribution is 5.56.